The van der Waals surface area contributed by atoms with Crippen molar-refractivity contribution in [2.24, 2.45) is 0 Å². The van der Waals surface area contributed by atoms with E-state index in [2.05, 4.69) is 180 Å². The van der Waals surface area contributed by atoms with Crippen LogP contribution in [0.25, 0.3) is 116 Å². The molecule has 0 N–H and O–H groups in total. The van der Waals surface area contributed by atoms with Crippen molar-refractivity contribution in [3.8, 4) is 67.4 Å². The summed E-state index contributed by atoms with van der Waals surface area (Å²) in [5.41, 5.74) is 17.4. The van der Waals surface area contributed by atoms with Crippen LogP contribution in [0.5, 0.6) is 17.2 Å². The minimum absolute atomic E-state index is 0.337. The van der Waals surface area contributed by atoms with E-state index >= 15 is 0 Å². The normalized spacial score (nSPS) is 12.8. The highest BCUT2D eigenvalue weighted by atomic mass is 16.5. The fraction of sp³-hybridized carbons (Fsp3) is 0. The summed E-state index contributed by atoms with van der Waals surface area (Å²) in [5, 5.41) is 6.80. The highest BCUT2D eigenvalue weighted by molar-refractivity contribution is 6.84. The number of fused-ring (bicyclic) bond motifs is 13. The summed E-state index contributed by atoms with van der Waals surface area (Å²) in [6, 6.07) is 73.0. The maximum Gasteiger partial charge on any atom is 0.434 e. The molecule has 0 atom stereocenters. The van der Waals surface area contributed by atoms with E-state index in [1.54, 1.807) is 0 Å². The van der Waals surface area contributed by atoms with Crippen LogP contribution < -0.4 is 20.3 Å². The zero-order valence-corrected chi connectivity index (χ0v) is 35.3. The third-order valence-electron chi connectivity index (χ3n) is 13.9. The van der Waals surface area contributed by atoms with Crippen LogP contribution in [-0.2, 0) is 0 Å². The number of hydrogen-bond donors (Lipinski definition) is 0. The van der Waals surface area contributed by atoms with E-state index in [0.29, 0.717) is 0 Å². The summed E-state index contributed by atoms with van der Waals surface area (Å²) in [5.74, 6) is 2.40. The zero-order chi connectivity index (χ0) is 43.0. The molecule has 306 valence electrons. The number of hydrogen-bond acceptors (Lipinski definition) is 4. The van der Waals surface area contributed by atoms with Gasteiger partial charge in [0.25, 0.3) is 0 Å². The maximum atomic E-state index is 7.02. The first kappa shape index (κ1) is 35.7. The molecular weight excluding hydrogens is 809 g/mol. The van der Waals surface area contributed by atoms with Gasteiger partial charge in [0.15, 0.2) is 0 Å². The molecule has 0 bridgehead atoms. The lowest BCUT2D eigenvalue weighted by Crippen LogP contribution is -2.53. The standard InChI is InChI=1S/C60H34BNO4/c1-6-21-50-41(15-1)42-16-2-7-22-51(42)62(50)39-33-45(60-48(34-39)43-17-3-8-23-52(43)65-60)38-31-47-46-30-36(27-28-54(46)66-61-49-20-5-10-25-55(49)64-57(32-38)59(47)61)35-13-11-14-37(29-35)40-19-12-26-56-58(40)44-18-4-9-24-53(44)63-56/h1-34H. The molecule has 5 nitrogen and oxygen atoms in total. The molecule has 3 aromatic heterocycles. The molecule has 0 aliphatic carbocycles. The van der Waals surface area contributed by atoms with Crippen LogP contribution in [-0.4, -0.2) is 11.5 Å². The molecular formula is C60H34BNO4. The lowest BCUT2D eigenvalue weighted by Gasteiger charge is -2.33. The molecule has 0 amide bonds. The number of aromatic nitrogens is 1. The predicted molar refractivity (Wildman–Crippen MR) is 269 cm³/mol. The van der Waals surface area contributed by atoms with Crippen molar-refractivity contribution in [2.45, 2.75) is 0 Å². The van der Waals surface area contributed by atoms with Crippen molar-refractivity contribution in [1.82, 2.24) is 4.57 Å². The Kier molecular flexibility index (Phi) is 7.24. The summed E-state index contributed by atoms with van der Waals surface area (Å²) in [6.45, 7) is -0.337. The minimum atomic E-state index is -0.337. The molecule has 66 heavy (non-hydrogen) atoms. The summed E-state index contributed by atoms with van der Waals surface area (Å²) < 4.78 is 29.5. The van der Waals surface area contributed by atoms with Gasteiger partial charge in [-0.15, -0.1) is 0 Å². The molecule has 0 spiro atoms. The molecule has 15 rings (SSSR count). The Hall–Kier alpha value is -8.74. The largest absolute Gasteiger partial charge is 0.551 e. The van der Waals surface area contributed by atoms with Gasteiger partial charge >= 0.3 is 6.92 Å². The number of nitrogens with zero attached hydrogens (tertiary/aromatic N) is 1. The third-order valence-corrected chi connectivity index (χ3v) is 13.9. The van der Waals surface area contributed by atoms with Gasteiger partial charge in [-0.05, 0) is 112 Å². The first-order valence-electron chi connectivity index (χ1n) is 22.4. The highest BCUT2D eigenvalue weighted by Crippen LogP contribution is 2.47. The van der Waals surface area contributed by atoms with Crippen molar-refractivity contribution in [2.75, 3.05) is 0 Å². The molecule has 13 aromatic rings. The molecule has 0 saturated carbocycles. The summed E-state index contributed by atoms with van der Waals surface area (Å²) >= 11 is 0. The van der Waals surface area contributed by atoms with Crippen LogP contribution in [0.15, 0.2) is 215 Å². The number of furan rings is 2. The minimum Gasteiger partial charge on any atom is -0.551 e. The van der Waals surface area contributed by atoms with Gasteiger partial charge in [0.1, 0.15) is 39.6 Å². The van der Waals surface area contributed by atoms with Gasteiger partial charge in [0, 0.05) is 60.1 Å². The van der Waals surface area contributed by atoms with Crippen molar-refractivity contribution in [3.63, 3.8) is 0 Å². The second-order valence-electron chi connectivity index (χ2n) is 17.5. The Morgan fingerprint density at radius 2 is 1.03 bits per heavy atom. The van der Waals surface area contributed by atoms with Gasteiger partial charge in [-0.1, -0.05) is 127 Å². The second kappa shape index (κ2) is 13.4. The van der Waals surface area contributed by atoms with Gasteiger partial charge in [-0.3, -0.25) is 0 Å². The average Bonchev–Trinajstić information content (AvgIpc) is 4.06. The van der Waals surface area contributed by atoms with Crippen molar-refractivity contribution in [3.05, 3.63) is 206 Å². The van der Waals surface area contributed by atoms with Crippen LogP contribution in [0.2, 0.25) is 0 Å². The van der Waals surface area contributed by atoms with Crippen LogP contribution in [0, 0.1) is 0 Å². The Bertz CT molecular complexity index is 4160. The van der Waals surface area contributed by atoms with Crippen LogP contribution in [0.3, 0.4) is 0 Å². The fourth-order valence-corrected chi connectivity index (χ4v) is 10.9. The van der Waals surface area contributed by atoms with E-state index in [1.165, 1.54) is 10.8 Å². The average molecular weight is 844 g/mol. The number of benzene rings is 10. The summed E-state index contributed by atoms with van der Waals surface area (Å²) in [7, 11) is 0. The van der Waals surface area contributed by atoms with E-state index in [0.717, 1.165) is 133 Å². The second-order valence-corrected chi connectivity index (χ2v) is 17.5. The third kappa shape index (κ3) is 5.06. The Morgan fingerprint density at radius 3 is 1.88 bits per heavy atom. The smallest absolute Gasteiger partial charge is 0.434 e. The van der Waals surface area contributed by atoms with E-state index in [9.17, 15) is 0 Å². The highest BCUT2D eigenvalue weighted by Gasteiger charge is 2.41. The van der Waals surface area contributed by atoms with Crippen molar-refractivity contribution < 1.29 is 18.2 Å². The Balaban J connectivity index is 0.953. The summed E-state index contributed by atoms with van der Waals surface area (Å²) in [4.78, 5) is 0. The molecule has 5 heterocycles. The quantitative estimate of drug-likeness (QED) is 0.166. The lowest BCUT2D eigenvalue weighted by atomic mass is 9.50. The Morgan fingerprint density at radius 1 is 0.364 bits per heavy atom. The van der Waals surface area contributed by atoms with E-state index in [4.69, 9.17) is 18.2 Å². The van der Waals surface area contributed by atoms with Gasteiger partial charge in [0.05, 0.1) is 11.0 Å². The van der Waals surface area contributed by atoms with E-state index in [-0.39, 0.29) is 6.92 Å². The number of rotatable bonds is 4. The zero-order valence-electron chi connectivity index (χ0n) is 35.3. The lowest BCUT2D eigenvalue weighted by molar-refractivity contribution is 0.479. The molecule has 10 aromatic carbocycles. The van der Waals surface area contributed by atoms with Crippen molar-refractivity contribution in [1.29, 1.82) is 0 Å². The number of para-hydroxylation sites is 5. The first-order valence-corrected chi connectivity index (χ1v) is 22.4. The van der Waals surface area contributed by atoms with Crippen LogP contribution >= 0.6 is 0 Å². The molecule has 0 fully saturated rings. The number of ether oxygens (including phenoxy) is 1. The molecule has 2 aliphatic heterocycles. The molecule has 0 radical (unpaired) electrons. The molecule has 2 aliphatic rings. The van der Waals surface area contributed by atoms with Crippen molar-refractivity contribution >= 4 is 83.5 Å². The van der Waals surface area contributed by atoms with Crippen LogP contribution in [0.1, 0.15) is 0 Å². The predicted octanol–water partition coefficient (Wildman–Crippen LogP) is 14.9. The monoisotopic (exact) mass is 843 g/mol. The van der Waals surface area contributed by atoms with E-state index in [1.807, 2.05) is 30.3 Å². The van der Waals surface area contributed by atoms with Crippen LogP contribution in [0.4, 0.5) is 0 Å². The topological polar surface area (TPSA) is 49.7 Å². The van der Waals surface area contributed by atoms with Gasteiger partial charge in [-0.25, -0.2) is 0 Å². The first-order chi connectivity index (χ1) is 32.7. The fourth-order valence-electron chi connectivity index (χ4n) is 10.9. The summed E-state index contributed by atoms with van der Waals surface area (Å²) in [6.07, 6.45) is 0. The van der Waals surface area contributed by atoms with Gasteiger partial charge in [-0.2, -0.15) is 0 Å². The Labute approximate surface area is 378 Å². The maximum absolute atomic E-state index is 7.02. The SMILES string of the molecule is c1cc(-c2ccc3c(c2)-c2cc(-c4cc(-n5c6ccccc6c6ccccc65)cc5c4oc4ccccc45)cc4c2B(O3)c2ccccc2O4)cc(-c2cccc3oc4ccccc4c23)c1. The van der Waals surface area contributed by atoms with E-state index < -0.39 is 0 Å². The molecule has 6 heteroatoms. The molecule has 0 saturated heterocycles. The molecule has 0 unspecified atom stereocenters. The van der Waals surface area contributed by atoms with Gasteiger partial charge in [0.2, 0.25) is 0 Å². The van der Waals surface area contributed by atoms with Gasteiger partial charge < -0.3 is 22.8 Å².